The van der Waals surface area contributed by atoms with Crippen LogP contribution >= 0.6 is 0 Å². The van der Waals surface area contributed by atoms with Crippen molar-refractivity contribution in [2.45, 2.75) is 13.1 Å². The third-order valence-electron chi connectivity index (χ3n) is 6.36. The molecule has 5 aromatic rings. The van der Waals surface area contributed by atoms with Crippen molar-refractivity contribution in [3.63, 3.8) is 0 Å². The van der Waals surface area contributed by atoms with Crippen molar-refractivity contribution in [2.24, 2.45) is 0 Å². The van der Waals surface area contributed by atoms with Crippen LogP contribution in [0.2, 0.25) is 0 Å². The molecule has 4 heterocycles. The van der Waals surface area contributed by atoms with Crippen molar-refractivity contribution in [3.05, 3.63) is 105 Å². The van der Waals surface area contributed by atoms with Crippen LogP contribution in [0.5, 0.6) is 17.2 Å². The fraction of sp³-hybridized carbons (Fsp3) is 0.179. The summed E-state index contributed by atoms with van der Waals surface area (Å²) in [6, 6.07) is 18.5. The molecule has 1 aliphatic heterocycles. The summed E-state index contributed by atoms with van der Waals surface area (Å²) in [5, 5.41) is 0.814. The first kappa shape index (κ1) is 21.9. The largest absolute Gasteiger partial charge is 0.497 e. The smallest absolute Gasteiger partial charge is 0.260 e. The first-order valence-corrected chi connectivity index (χ1v) is 11.6. The summed E-state index contributed by atoms with van der Waals surface area (Å²) in [5.41, 5.74) is 2.59. The highest BCUT2D eigenvalue weighted by molar-refractivity contribution is 5.91. The number of rotatable bonds is 5. The normalized spacial score (nSPS) is 12.7. The lowest BCUT2D eigenvalue weighted by atomic mass is 10.1. The molecule has 0 radical (unpaired) electrons. The molecule has 0 spiro atoms. The van der Waals surface area contributed by atoms with E-state index in [0.717, 1.165) is 16.9 Å². The second-order valence-electron chi connectivity index (χ2n) is 8.68. The number of methoxy groups -OCH3 is 1. The van der Waals surface area contributed by atoms with Gasteiger partial charge in [-0.25, -0.2) is 4.98 Å². The minimum absolute atomic E-state index is 0.195. The number of pyridine rings is 3. The Bertz CT molecular complexity index is 1720. The van der Waals surface area contributed by atoms with E-state index >= 15 is 0 Å². The lowest BCUT2D eigenvalue weighted by molar-refractivity contribution is 0.171. The Morgan fingerprint density at radius 2 is 1.33 bits per heavy atom. The van der Waals surface area contributed by atoms with Crippen molar-refractivity contribution in [1.29, 1.82) is 0 Å². The van der Waals surface area contributed by atoms with E-state index in [4.69, 9.17) is 14.2 Å². The highest BCUT2D eigenvalue weighted by atomic mass is 16.6. The zero-order valence-electron chi connectivity index (χ0n) is 19.6. The highest BCUT2D eigenvalue weighted by Crippen LogP contribution is 2.31. The zero-order valence-corrected chi connectivity index (χ0v) is 19.6. The van der Waals surface area contributed by atoms with Gasteiger partial charge in [-0.05, 0) is 53.6 Å². The maximum absolute atomic E-state index is 13.4. The van der Waals surface area contributed by atoms with Crippen LogP contribution in [0.3, 0.4) is 0 Å². The van der Waals surface area contributed by atoms with Gasteiger partial charge in [-0.15, -0.1) is 0 Å². The van der Waals surface area contributed by atoms with Gasteiger partial charge < -0.3 is 23.3 Å². The van der Waals surface area contributed by atoms with Crippen LogP contribution in [-0.2, 0) is 13.1 Å². The molecule has 36 heavy (non-hydrogen) atoms. The Hall–Kier alpha value is -4.59. The number of nitrogens with zero attached hydrogens (tertiary/aromatic N) is 3. The van der Waals surface area contributed by atoms with Gasteiger partial charge in [0.1, 0.15) is 19.0 Å². The Morgan fingerprint density at radius 1 is 0.750 bits per heavy atom. The molecule has 0 bridgehead atoms. The van der Waals surface area contributed by atoms with Gasteiger partial charge in [-0.3, -0.25) is 9.59 Å². The predicted octanol–water partition coefficient (Wildman–Crippen LogP) is 3.59. The Labute approximate surface area is 205 Å². The Morgan fingerprint density at radius 3 is 1.97 bits per heavy atom. The van der Waals surface area contributed by atoms with Gasteiger partial charge in [0.05, 0.1) is 42.0 Å². The predicted molar refractivity (Wildman–Crippen MR) is 136 cm³/mol. The summed E-state index contributed by atoms with van der Waals surface area (Å²) in [4.78, 5) is 31.2. The minimum Gasteiger partial charge on any atom is -0.497 e. The number of fused-ring (bicyclic) bond motifs is 3. The first-order chi connectivity index (χ1) is 17.6. The van der Waals surface area contributed by atoms with Gasteiger partial charge >= 0.3 is 0 Å². The lowest BCUT2D eigenvalue weighted by Crippen LogP contribution is -2.23. The van der Waals surface area contributed by atoms with Crippen LogP contribution in [0.15, 0.2) is 82.6 Å². The molecule has 180 valence electrons. The van der Waals surface area contributed by atoms with Crippen molar-refractivity contribution < 1.29 is 14.2 Å². The third-order valence-corrected chi connectivity index (χ3v) is 6.36. The molecule has 8 heteroatoms. The molecule has 6 rings (SSSR count). The van der Waals surface area contributed by atoms with Crippen LogP contribution in [0.4, 0.5) is 0 Å². The molecule has 0 unspecified atom stereocenters. The van der Waals surface area contributed by atoms with Crippen molar-refractivity contribution in [1.82, 2.24) is 14.1 Å². The molecule has 0 saturated heterocycles. The van der Waals surface area contributed by atoms with E-state index in [9.17, 15) is 9.59 Å². The molecular formula is C28H23N3O5. The standard InChI is InChI=1S/C28H23N3O5/c1-34-20-5-2-18(3-6-20)16-30-10-8-23-21(27(30)32)15-22-24(29-23)9-11-31(28(22)33)17-19-4-7-25-26(14-19)36-13-12-35-25/h2-11,14-15H,12-13,16-17H2,1H3. The summed E-state index contributed by atoms with van der Waals surface area (Å²) in [6.45, 7) is 1.79. The summed E-state index contributed by atoms with van der Waals surface area (Å²) < 4.78 is 19.7. The summed E-state index contributed by atoms with van der Waals surface area (Å²) in [5.74, 6) is 2.14. The number of hydrogen-bond donors (Lipinski definition) is 0. The SMILES string of the molecule is COc1ccc(Cn2ccc3nc4ccn(Cc5ccc6c(c5)OCCO6)c(=O)c4cc3c2=O)cc1. The van der Waals surface area contributed by atoms with Gasteiger partial charge in [-0.2, -0.15) is 0 Å². The first-order valence-electron chi connectivity index (χ1n) is 11.6. The van der Waals surface area contributed by atoms with Gasteiger partial charge in [0, 0.05) is 12.4 Å². The molecule has 3 aromatic heterocycles. The van der Waals surface area contributed by atoms with E-state index in [1.165, 1.54) is 0 Å². The van der Waals surface area contributed by atoms with E-state index in [1.807, 2.05) is 42.5 Å². The quantitative estimate of drug-likeness (QED) is 0.357. The fourth-order valence-corrected chi connectivity index (χ4v) is 4.46. The lowest BCUT2D eigenvalue weighted by Gasteiger charge is -2.19. The molecular weight excluding hydrogens is 458 g/mol. The van der Waals surface area contributed by atoms with E-state index in [-0.39, 0.29) is 11.1 Å². The molecule has 0 atom stereocenters. The van der Waals surface area contributed by atoms with Gasteiger partial charge in [0.2, 0.25) is 0 Å². The summed E-state index contributed by atoms with van der Waals surface area (Å²) in [7, 11) is 1.62. The highest BCUT2D eigenvalue weighted by Gasteiger charge is 2.14. The molecule has 0 aliphatic carbocycles. The van der Waals surface area contributed by atoms with E-state index in [0.29, 0.717) is 59.6 Å². The Balaban J connectivity index is 1.37. The molecule has 8 nitrogen and oxygen atoms in total. The van der Waals surface area contributed by atoms with Crippen molar-refractivity contribution >= 4 is 21.8 Å². The van der Waals surface area contributed by atoms with E-state index in [1.54, 1.807) is 46.8 Å². The molecule has 0 amide bonds. The van der Waals surface area contributed by atoms with Crippen LogP contribution in [0.1, 0.15) is 11.1 Å². The monoisotopic (exact) mass is 481 g/mol. The van der Waals surface area contributed by atoms with Crippen LogP contribution in [-0.4, -0.2) is 34.4 Å². The molecule has 2 aromatic carbocycles. The average Bonchev–Trinajstić information content (AvgIpc) is 2.92. The second kappa shape index (κ2) is 8.88. The van der Waals surface area contributed by atoms with E-state index < -0.39 is 0 Å². The maximum atomic E-state index is 13.4. The third kappa shape index (κ3) is 3.96. The number of ether oxygens (including phenoxy) is 3. The fourth-order valence-electron chi connectivity index (χ4n) is 4.46. The van der Waals surface area contributed by atoms with Crippen LogP contribution in [0, 0.1) is 0 Å². The van der Waals surface area contributed by atoms with Crippen LogP contribution in [0.25, 0.3) is 21.8 Å². The van der Waals surface area contributed by atoms with E-state index in [2.05, 4.69) is 4.98 Å². The van der Waals surface area contributed by atoms with Gasteiger partial charge in [0.25, 0.3) is 11.1 Å². The topological polar surface area (TPSA) is 84.6 Å². The molecule has 0 N–H and O–H groups in total. The number of aromatic nitrogens is 3. The minimum atomic E-state index is -0.207. The average molecular weight is 482 g/mol. The molecule has 0 fully saturated rings. The van der Waals surface area contributed by atoms with Crippen LogP contribution < -0.4 is 25.3 Å². The van der Waals surface area contributed by atoms with Crippen molar-refractivity contribution in [3.8, 4) is 17.2 Å². The number of hydrogen-bond acceptors (Lipinski definition) is 6. The number of benzene rings is 2. The van der Waals surface area contributed by atoms with Crippen molar-refractivity contribution in [2.75, 3.05) is 20.3 Å². The molecule has 1 aliphatic rings. The maximum Gasteiger partial charge on any atom is 0.260 e. The van der Waals surface area contributed by atoms with Gasteiger partial charge in [-0.1, -0.05) is 18.2 Å². The zero-order chi connectivity index (χ0) is 24.6. The summed E-state index contributed by atoms with van der Waals surface area (Å²) in [6.07, 6.45) is 3.46. The molecule has 0 saturated carbocycles. The Kier molecular flexibility index (Phi) is 5.41. The summed E-state index contributed by atoms with van der Waals surface area (Å²) >= 11 is 0. The van der Waals surface area contributed by atoms with Gasteiger partial charge in [0.15, 0.2) is 11.5 Å². The second-order valence-corrected chi connectivity index (χ2v) is 8.68.